The van der Waals surface area contributed by atoms with E-state index in [2.05, 4.69) is 5.32 Å². The molecule has 2 aromatic rings. The maximum absolute atomic E-state index is 13.6. The summed E-state index contributed by atoms with van der Waals surface area (Å²) in [6, 6.07) is 11.0. The highest BCUT2D eigenvalue weighted by Gasteiger charge is 2.46. The second-order valence-corrected chi connectivity index (χ2v) is 14.0. The lowest BCUT2D eigenvalue weighted by Crippen LogP contribution is -2.59. The van der Waals surface area contributed by atoms with Crippen molar-refractivity contribution in [1.29, 1.82) is 0 Å². The zero-order valence-electron chi connectivity index (χ0n) is 25.3. The average Bonchev–Trinajstić information content (AvgIpc) is 3.48. The molecule has 14 heteroatoms. The van der Waals surface area contributed by atoms with Gasteiger partial charge in [-0.15, -0.1) is 0 Å². The lowest BCUT2D eigenvalue weighted by molar-refractivity contribution is -0.142. The van der Waals surface area contributed by atoms with Crippen LogP contribution in [0.15, 0.2) is 48.5 Å². The molecule has 0 radical (unpaired) electrons. The van der Waals surface area contributed by atoms with Crippen LogP contribution in [-0.2, 0) is 32.5 Å². The summed E-state index contributed by atoms with van der Waals surface area (Å²) in [6.07, 6.45) is -2.42. The third kappa shape index (κ3) is 7.02. The summed E-state index contributed by atoms with van der Waals surface area (Å²) < 4.78 is 68.1. The molecule has 0 bridgehead atoms. The Morgan fingerprint density at radius 1 is 0.889 bits per heavy atom. The van der Waals surface area contributed by atoms with Crippen molar-refractivity contribution in [1.82, 2.24) is 18.8 Å². The van der Waals surface area contributed by atoms with Gasteiger partial charge in [0.2, 0.25) is 11.8 Å². The van der Waals surface area contributed by atoms with Gasteiger partial charge in [-0.2, -0.15) is 30.2 Å². The average molecular weight is 650 g/mol. The van der Waals surface area contributed by atoms with Crippen molar-refractivity contribution in [2.24, 2.45) is 11.8 Å². The molecule has 2 atom stereocenters. The van der Waals surface area contributed by atoms with E-state index in [1.54, 1.807) is 12.1 Å². The number of piperidine rings is 1. The fraction of sp³-hybridized carbons (Fsp3) is 0.516. The number of hydrogen-bond donors (Lipinski definition) is 1. The molecule has 0 aliphatic carbocycles. The molecule has 3 aliphatic rings. The van der Waals surface area contributed by atoms with Gasteiger partial charge in [0.1, 0.15) is 6.04 Å². The number of benzene rings is 2. The highest BCUT2D eigenvalue weighted by atomic mass is 32.2. The first-order valence-electron chi connectivity index (χ1n) is 15.1. The van der Waals surface area contributed by atoms with Crippen molar-refractivity contribution < 1.29 is 36.0 Å². The molecule has 5 rings (SSSR count). The summed E-state index contributed by atoms with van der Waals surface area (Å²) >= 11 is 0. The number of anilines is 1. The summed E-state index contributed by atoms with van der Waals surface area (Å²) in [7, 11) is -0.198. The van der Waals surface area contributed by atoms with E-state index in [9.17, 15) is 36.0 Å². The molecule has 2 aromatic carbocycles. The highest BCUT2D eigenvalue weighted by molar-refractivity contribution is 7.86. The number of rotatable bonds is 9. The first kappa shape index (κ1) is 32.9. The van der Waals surface area contributed by atoms with Gasteiger partial charge in [0.15, 0.2) is 5.78 Å². The third-order valence-electron chi connectivity index (χ3n) is 8.84. The van der Waals surface area contributed by atoms with Gasteiger partial charge >= 0.3 is 6.18 Å². The van der Waals surface area contributed by atoms with Crippen LogP contribution in [0, 0.1) is 11.8 Å². The van der Waals surface area contributed by atoms with Crippen LogP contribution in [0.5, 0.6) is 0 Å². The van der Waals surface area contributed by atoms with Crippen LogP contribution >= 0.6 is 0 Å². The Morgan fingerprint density at radius 2 is 1.53 bits per heavy atom. The molecular weight excluding hydrogens is 611 g/mol. The van der Waals surface area contributed by atoms with Crippen LogP contribution in [0.25, 0.3) is 0 Å². The quantitative estimate of drug-likeness (QED) is 0.418. The van der Waals surface area contributed by atoms with Crippen molar-refractivity contribution in [2.75, 3.05) is 51.7 Å². The second-order valence-electron chi connectivity index (χ2n) is 12.1. The summed E-state index contributed by atoms with van der Waals surface area (Å²) in [4.78, 5) is 43.1. The second kappa shape index (κ2) is 13.1. The largest absolute Gasteiger partial charge is 0.416 e. The maximum Gasteiger partial charge on any atom is 0.416 e. The lowest BCUT2D eigenvalue weighted by Gasteiger charge is -2.42. The van der Waals surface area contributed by atoms with Gasteiger partial charge in [0, 0.05) is 64.6 Å². The number of nitrogens with zero attached hydrogens (tertiary/aromatic N) is 4. The van der Waals surface area contributed by atoms with Crippen LogP contribution in [-0.4, -0.2) is 92.4 Å². The molecule has 3 fully saturated rings. The molecule has 3 saturated heterocycles. The number of ketones is 1. The Labute approximate surface area is 261 Å². The first-order valence-corrected chi connectivity index (χ1v) is 16.5. The van der Waals surface area contributed by atoms with Crippen molar-refractivity contribution in [2.45, 2.75) is 44.4 Å². The van der Waals surface area contributed by atoms with Crippen LogP contribution < -0.4 is 10.2 Å². The van der Waals surface area contributed by atoms with Crippen LogP contribution in [0.3, 0.4) is 0 Å². The molecule has 10 nitrogen and oxygen atoms in total. The van der Waals surface area contributed by atoms with E-state index in [-0.39, 0.29) is 44.4 Å². The van der Waals surface area contributed by atoms with Gasteiger partial charge in [0.25, 0.3) is 10.2 Å². The molecule has 45 heavy (non-hydrogen) atoms. The Kier molecular flexibility index (Phi) is 9.57. The predicted octanol–water partition coefficient (Wildman–Crippen LogP) is 3.15. The minimum Gasteiger partial charge on any atom is -0.377 e. The molecule has 3 heterocycles. The third-order valence-corrected chi connectivity index (χ3v) is 10.8. The molecule has 0 aromatic heterocycles. The zero-order chi connectivity index (χ0) is 32.5. The van der Waals surface area contributed by atoms with E-state index in [0.717, 1.165) is 17.8 Å². The van der Waals surface area contributed by atoms with Crippen molar-refractivity contribution in [3.8, 4) is 0 Å². The van der Waals surface area contributed by atoms with Crippen LogP contribution in [0.4, 0.5) is 18.9 Å². The Hall–Kier alpha value is -3.49. The predicted molar refractivity (Wildman–Crippen MR) is 161 cm³/mol. The van der Waals surface area contributed by atoms with E-state index in [0.29, 0.717) is 43.4 Å². The smallest absolute Gasteiger partial charge is 0.377 e. The SMILES string of the molecule is CN(C)c1ccccc1C(=O)C1CN(S(=O)(=O)N2CCCC(C(=O)N3CCCC3C(=O)NCc3ccc(C(F)(F)F)cc3)C2)C1. The van der Waals surface area contributed by atoms with E-state index >= 15 is 0 Å². The number of Topliss-reactive ketones (excluding diaryl/α,β-unsaturated/α-hetero) is 1. The number of hydrogen-bond acceptors (Lipinski definition) is 6. The van der Waals surface area contributed by atoms with Crippen LogP contribution in [0.1, 0.15) is 47.2 Å². The summed E-state index contributed by atoms with van der Waals surface area (Å²) in [5.41, 5.74) is 1.05. The molecule has 2 amide bonds. The number of likely N-dealkylation sites (tertiary alicyclic amines) is 1. The normalized spacial score (nSPS) is 21.8. The minimum absolute atomic E-state index is 0.00383. The van der Waals surface area contributed by atoms with Crippen LogP contribution in [0.2, 0.25) is 0 Å². The van der Waals surface area contributed by atoms with Gasteiger partial charge in [-0.25, -0.2) is 0 Å². The topological polar surface area (TPSA) is 110 Å². The number of carbonyl (C=O) groups excluding carboxylic acids is 3. The summed E-state index contributed by atoms with van der Waals surface area (Å²) in [5.74, 6) is -1.83. The molecule has 0 saturated carbocycles. The monoisotopic (exact) mass is 649 g/mol. The van der Waals surface area contributed by atoms with Gasteiger partial charge in [0.05, 0.1) is 17.4 Å². The molecule has 2 unspecified atom stereocenters. The fourth-order valence-corrected chi connectivity index (χ4v) is 8.05. The number of carbonyl (C=O) groups is 3. The van der Waals surface area contributed by atoms with Gasteiger partial charge in [-0.05, 0) is 55.5 Å². The fourth-order valence-electron chi connectivity index (χ4n) is 6.26. The Morgan fingerprint density at radius 3 is 2.20 bits per heavy atom. The van der Waals surface area contributed by atoms with Crippen molar-refractivity contribution in [3.63, 3.8) is 0 Å². The van der Waals surface area contributed by atoms with Gasteiger partial charge in [-0.1, -0.05) is 24.3 Å². The van der Waals surface area contributed by atoms with Gasteiger partial charge in [-0.3, -0.25) is 14.4 Å². The van der Waals surface area contributed by atoms with E-state index < -0.39 is 45.7 Å². The van der Waals surface area contributed by atoms with E-state index in [4.69, 9.17) is 0 Å². The molecular formula is C31H38F3N5O5S. The lowest BCUT2D eigenvalue weighted by atomic mass is 9.91. The Balaban J connectivity index is 1.16. The number of nitrogens with one attached hydrogen (secondary N) is 1. The zero-order valence-corrected chi connectivity index (χ0v) is 26.1. The summed E-state index contributed by atoms with van der Waals surface area (Å²) in [5, 5.41) is 2.73. The van der Waals surface area contributed by atoms with E-state index in [1.807, 2.05) is 31.1 Å². The first-order chi connectivity index (χ1) is 21.3. The van der Waals surface area contributed by atoms with Crippen molar-refractivity contribution in [3.05, 3.63) is 65.2 Å². The minimum atomic E-state index is -4.45. The Bertz CT molecular complexity index is 1530. The molecule has 3 aliphatic heterocycles. The number of halogens is 3. The standard InChI is InChI=1S/C31H38F3N5O5S/c1-36(2)26-9-4-3-8-25(26)28(40)23-19-38(20-23)45(43,44)37-15-5-7-22(18-37)30(42)39-16-6-10-27(39)29(41)35-17-21-11-13-24(14-12-21)31(32,33)34/h3-4,8-9,11-14,22-23,27H,5-7,10,15-20H2,1-2H3,(H,35,41). The number of para-hydroxylation sites is 1. The maximum atomic E-state index is 13.6. The number of amides is 2. The molecule has 0 spiro atoms. The van der Waals surface area contributed by atoms with Crippen molar-refractivity contribution >= 4 is 33.5 Å². The van der Waals surface area contributed by atoms with Gasteiger partial charge < -0.3 is 15.1 Å². The van der Waals surface area contributed by atoms with E-state index in [1.165, 1.54) is 25.6 Å². The molecule has 1 N–H and O–H groups in total. The number of alkyl halides is 3. The molecule has 244 valence electrons. The summed E-state index contributed by atoms with van der Waals surface area (Å²) in [6.45, 7) is 0.796. The highest BCUT2D eigenvalue weighted by Crippen LogP contribution is 2.32.